The second-order valence-electron chi connectivity index (χ2n) is 6.85. The monoisotopic (exact) mass is 408 g/mol. The van der Waals surface area contributed by atoms with Crippen molar-refractivity contribution in [1.82, 2.24) is 0 Å². The molecule has 0 aliphatic carbocycles. The Hall–Kier alpha value is -3.38. The van der Waals surface area contributed by atoms with E-state index in [0.29, 0.717) is 22.2 Å². The van der Waals surface area contributed by atoms with Gasteiger partial charge in [0.25, 0.3) is 0 Å². The van der Waals surface area contributed by atoms with Crippen LogP contribution in [0.2, 0.25) is 5.02 Å². The first-order valence-corrected chi connectivity index (χ1v) is 9.50. The van der Waals surface area contributed by atoms with Crippen molar-refractivity contribution in [2.24, 2.45) is 0 Å². The second kappa shape index (κ2) is 6.90. The molecule has 5 rings (SSSR count). The summed E-state index contributed by atoms with van der Waals surface area (Å²) in [6.07, 6.45) is -1.00. The Morgan fingerprint density at radius 3 is 2.34 bits per heavy atom. The number of hydrogen-bond acceptors (Lipinski definition) is 5. The molecule has 0 N–H and O–H groups in total. The molecule has 29 heavy (non-hydrogen) atoms. The summed E-state index contributed by atoms with van der Waals surface area (Å²) in [5.74, 6) is 1.32. The first-order valence-electron chi connectivity index (χ1n) is 9.12. The van der Waals surface area contributed by atoms with Crippen LogP contribution in [0.3, 0.4) is 0 Å². The van der Waals surface area contributed by atoms with Gasteiger partial charge in [0.15, 0.2) is 17.7 Å². The average Bonchev–Trinajstić information content (AvgIpc) is 3.33. The number of ether oxygens (including phenoxy) is 2. The number of amides is 1. The van der Waals surface area contributed by atoms with E-state index in [4.69, 9.17) is 25.9 Å². The molecular weight excluding hydrogens is 392 g/mol. The van der Waals surface area contributed by atoms with Gasteiger partial charge < -0.3 is 14.3 Å². The molecule has 0 spiro atoms. The van der Waals surface area contributed by atoms with E-state index in [0.717, 1.165) is 16.8 Å². The number of fused-ring (bicyclic) bond motifs is 1. The summed E-state index contributed by atoms with van der Waals surface area (Å²) in [7, 11) is 0. The number of rotatable bonds is 3. The van der Waals surface area contributed by atoms with Crippen LogP contribution in [0.15, 0.2) is 66.7 Å². The number of aryl methyl sites for hydroxylation is 1. The fraction of sp³-hybridized carbons (Fsp3) is 0.136. The SMILES string of the molecule is Cc1ccc(N2OC(=O)N(c3ccc(Cl)cc3)[C@H]2c2ccc3c(c2)OCO3)cc1. The van der Waals surface area contributed by atoms with Crippen molar-refractivity contribution in [3.63, 3.8) is 0 Å². The molecule has 0 unspecified atom stereocenters. The molecule has 1 fully saturated rings. The Labute approximate surface area is 172 Å². The van der Waals surface area contributed by atoms with Gasteiger partial charge in [-0.1, -0.05) is 35.4 Å². The van der Waals surface area contributed by atoms with Crippen LogP contribution in [-0.2, 0) is 4.84 Å². The number of hydroxylamine groups is 1. The molecule has 1 amide bonds. The van der Waals surface area contributed by atoms with Crippen LogP contribution in [0.25, 0.3) is 0 Å². The van der Waals surface area contributed by atoms with Gasteiger partial charge in [-0.15, -0.1) is 0 Å². The zero-order chi connectivity index (χ0) is 20.0. The van der Waals surface area contributed by atoms with Crippen molar-refractivity contribution < 1.29 is 19.1 Å². The van der Waals surface area contributed by atoms with Crippen molar-refractivity contribution in [3.05, 3.63) is 82.9 Å². The third kappa shape index (κ3) is 3.11. The van der Waals surface area contributed by atoms with Crippen LogP contribution in [0, 0.1) is 6.92 Å². The van der Waals surface area contributed by atoms with Crippen molar-refractivity contribution >= 4 is 29.1 Å². The molecule has 2 heterocycles. The number of hydrogen-bond donors (Lipinski definition) is 0. The molecule has 146 valence electrons. The smallest absolute Gasteiger partial charge is 0.440 e. The predicted octanol–water partition coefficient (Wildman–Crippen LogP) is 5.45. The minimum atomic E-state index is -0.527. The molecule has 3 aromatic carbocycles. The molecular formula is C22H17ClN2O4. The number of carbonyl (C=O) groups excluding carboxylic acids is 1. The quantitative estimate of drug-likeness (QED) is 0.576. The van der Waals surface area contributed by atoms with Crippen LogP contribution in [0.5, 0.6) is 11.5 Å². The fourth-order valence-electron chi connectivity index (χ4n) is 3.47. The van der Waals surface area contributed by atoms with E-state index in [1.54, 1.807) is 34.2 Å². The van der Waals surface area contributed by atoms with E-state index in [2.05, 4.69) is 0 Å². The summed E-state index contributed by atoms with van der Waals surface area (Å²) in [5, 5.41) is 2.20. The molecule has 0 bridgehead atoms. The largest absolute Gasteiger partial charge is 0.454 e. The molecule has 3 aromatic rings. The van der Waals surface area contributed by atoms with Gasteiger partial charge in [-0.25, -0.2) is 9.69 Å². The van der Waals surface area contributed by atoms with Crippen molar-refractivity contribution in [2.45, 2.75) is 13.1 Å². The summed E-state index contributed by atoms with van der Waals surface area (Å²) >= 11 is 6.04. The Morgan fingerprint density at radius 1 is 0.897 bits per heavy atom. The Bertz CT molecular complexity index is 1070. The Balaban J connectivity index is 1.62. The van der Waals surface area contributed by atoms with Crippen LogP contribution in [0.4, 0.5) is 16.2 Å². The highest BCUT2D eigenvalue weighted by molar-refractivity contribution is 6.30. The van der Waals surface area contributed by atoms with E-state index in [1.807, 2.05) is 49.4 Å². The van der Waals surface area contributed by atoms with E-state index in [-0.39, 0.29) is 6.79 Å². The molecule has 1 atom stereocenters. The minimum Gasteiger partial charge on any atom is -0.454 e. The zero-order valence-corrected chi connectivity index (χ0v) is 16.3. The summed E-state index contributed by atoms with van der Waals surface area (Å²) in [6, 6.07) is 20.5. The topological polar surface area (TPSA) is 51.2 Å². The van der Waals surface area contributed by atoms with E-state index in [9.17, 15) is 4.79 Å². The van der Waals surface area contributed by atoms with Gasteiger partial charge in [0.05, 0.1) is 5.69 Å². The molecule has 2 aliphatic heterocycles. The van der Waals surface area contributed by atoms with Gasteiger partial charge in [0, 0.05) is 16.3 Å². The van der Waals surface area contributed by atoms with Crippen LogP contribution < -0.4 is 19.4 Å². The summed E-state index contributed by atoms with van der Waals surface area (Å²) in [6.45, 7) is 2.19. The van der Waals surface area contributed by atoms with Gasteiger partial charge in [-0.3, -0.25) is 0 Å². The molecule has 6 nitrogen and oxygen atoms in total. The van der Waals surface area contributed by atoms with E-state index < -0.39 is 12.3 Å². The predicted molar refractivity (Wildman–Crippen MR) is 109 cm³/mol. The lowest BCUT2D eigenvalue weighted by molar-refractivity contribution is 0.164. The van der Waals surface area contributed by atoms with Gasteiger partial charge in [0.1, 0.15) is 0 Å². The number of halogens is 1. The summed E-state index contributed by atoms with van der Waals surface area (Å²) in [5.41, 5.74) is 3.39. The fourth-order valence-corrected chi connectivity index (χ4v) is 3.60. The Morgan fingerprint density at radius 2 is 1.59 bits per heavy atom. The maximum atomic E-state index is 12.9. The zero-order valence-electron chi connectivity index (χ0n) is 15.5. The molecule has 7 heteroatoms. The minimum absolute atomic E-state index is 0.182. The molecule has 0 saturated carbocycles. The number of anilines is 2. The lowest BCUT2D eigenvalue weighted by Crippen LogP contribution is -2.31. The van der Waals surface area contributed by atoms with E-state index in [1.165, 1.54) is 0 Å². The number of benzene rings is 3. The number of nitrogens with zero attached hydrogens (tertiary/aromatic N) is 2. The van der Waals surface area contributed by atoms with Gasteiger partial charge in [0.2, 0.25) is 6.79 Å². The van der Waals surface area contributed by atoms with E-state index >= 15 is 0 Å². The summed E-state index contributed by atoms with van der Waals surface area (Å²) in [4.78, 5) is 20.2. The molecule has 0 aromatic heterocycles. The Kier molecular flexibility index (Phi) is 4.21. The normalized spacial score (nSPS) is 17.6. The lowest BCUT2D eigenvalue weighted by atomic mass is 10.1. The van der Waals surface area contributed by atoms with Crippen molar-refractivity contribution in [3.8, 4) is 11.5 Å². The second-order valence-corrected chi connectivity index (χ2v) is 7.29. The highest BCUT2D eigenvalue weighted by atomic mass is 35.5. The highest BCUT2D eigenvalue weighted by Crippen LogP contribution is 2.43. The maximum Gasteiger partial charge on any atom is 0.440 e. The third-order valence-corrected chi connectivity index (χ3v) is 5.18. The van der Waals surface area contributed by atoms with Gasteiger partial charge in [-0.2, -0.15) is 5.06 Å². The van der Waals surface area contributed by atoms with Gasteiger partial charge in [-0.05, 0) is 55.5 Å². The molecule has 2 aliphatic rings. The highest BCUT2D eigenvalue weighted by Gasteiger charge is 2.43. The standard InChI is InChI=1S/C22H17ClN2O4/c1-14-2-7-18(8-3-14)25-21(15-4-11-19-20(12-15)28-13-27-19)24(22(26)29-25)17-9-5-16(23)6-10-17/h2-12,21H,13H2,1H3/t21-/m1/s1. The van der Waals surface area contributed by atoms with Crippen LogP contribution in [0.1, 0.15) is 17.3 Å². The summed E-state index contributed by atoms with van der Waals surface area (Å²) < 4.78 is 11.0. The average molecular weight is 409 g/mol. The first kappa shape index (κ1) is 17.7. The molecule has 0 radical (unpaired) electrons. The van der Waals surface area contributed by atoms with Crippen molar-refractivity contribution in [2.75, 3.05) is 16.8 Å². The van der Waals surface area contributed by atoms with Crippen LogP contribution in [-0.4, -0.2) is 12.9 Å². The lowest BCUT2D eigenvalue weighted by Gasteiger charge is -2.27. The maximum absolute atomic E-state index is 12.9. The first-order chi connectivity index (χ1) is 14.1. The molecule has 1 saturated heterocycles. The third-order valence-electron chi connectivity index (χ3n) is 4.93. The van der Waals surface area contributed by atoms with Crippen molar-refractivity contribution in [1.29, 1.82) is 0 Å². The van der Waals surface area contributed by atoms with Crippen LogP contribution >= 0.6 is 11.6 Å². The van der Waals surface area contributed by atoms with Gasteiger partial charge >= 0.3 is 6.09 Å². The number of carbonyl (C=O) groups is 1.